The second-order valence-electron chi connectivity index (χ2n) is 5.00. The Balaban J connectivity index is 2.17. The lowest BCUT2D eigenvalue weighted by atomic mass is 9.85. The Kier molecular flexibility index (Phi) is 2.86. The van der Waals surface area contributed by atoms with E-state index in [4.69, 9.17) is 25.2 Å². The number of aromatic nitrogens is 2. The minimum absolute atomic E-state index is 0.229. The average molecular weight is 289 g/mol. The molecule has 4 nitrogen and oxygen atoms in total. The van der Waals surface area contributed by atoms with Crippen molar-refractivity contribution >= 4 is 30.7 Å². The van der Waals surface area contributed by atoms with Crippen LogP contribution in [0.4, 0.5) is 4.39 Å². The fraction of sp³-hybridized carbons (Fsp3) is 0.231. The number of nitrogens with two attached hydrogens (primary N) is 1. The lowest BCUT2D eigenvalue weighted by Crippen LogP contribution is -2.38. The van der Waals surface area contributed by atoms with E-state index in [9.17, 15) is 4.39 Å². The van der Waals surface area contributed by atoms with Gasteiger partial charge in [-0.05, 0) is 13.0 Å². The summed E-state index contributed by atoms with van der Waals surface area (Å²) >= 11 is 6.08. The Morgan fingerprint density at radius 3 is 3.00 bits per heavy atom. The highest BCUT2D eigenvalue weighted by Gasteiger charge is 2.35. The lowest BCUT2D eigenvalue weighted by Gasteiger charge is -2.32. The van der Waals surface area contributed by atoms with Gasteiger partial charge in [0.05, 0.1) is 12.7 Å². The van der Waals surface area contributed by atoms with Crippen LogP contribution in [0.2, 0.25) is 5.15 Å². The Morgan fingerprint density at radius 2 is 2.25 bits per heavy atom. The minimum atomic E-state index is -0.874. The van der Waals surface area contributed by atoms with Crippen molar-refractivity contribution in [3.05, 3.63) is 46.8 Å². The number of aliphatic imine (C=N–C) groups is 1. The van der Waals surface area contributed by atoms with E-state index in [1.165, 1.54) is 18.3 Å². The van der Waals surface area contributed by atoms with Crippen molar-refractivity contribution in [2.45, 2.75) is 19.0 Å². The standard InChI is InChI=1S/C13H11BClFN4/c1-13(8-4-7(14)2-3-9(8)16)6-20-10(15)5-18-12(20)11(17)19-13/h2-5H,6H2,1H3,(H2,17,19). The molecule has 1 atom stereocenters. The molecule has 2 aromatic rings. The Bertz CT molecular complexity index is 727. The van der Waals surface area contributed by atoms with Gasteiger partial charge in [0.2, 0.25) is 0 Å². The van der Waals surface area contributed by atoms with Crippen molar-refractivity contribution in [3.8, 4) is 0 Å². The van der Waals surface area contributed by atoms with E-state index in [-0.39, 0.29) is 11.7 Å². The molecule has 2 heterocycles. The third-order valence-corrected chi connectivity index (χ3v) is 3.74. The van der Waals surface area contributed by atoms with Gasteiger partial charge in [0.1, 0.15) is 24.4 Å². The van der Waals surface area contributed by atoms with E-state index in [1.807, 2.05) is 0 Å². The second kappa shape index (κ2) is 4.35. The summed E-state index contributed by atoms with van der Waals surface area (Å²) < 4.78 is 15.8. The van der Waals surface area contributed by atoms with Gasteiger partial charge >= 0.3 is 0 Å². The smallest absolute Gasteiger partial charge is 0.176 e. The van der Waals surface area contributed by atoms with Crippen molar-refractivity contribution in [1.29, 1.82) is 0 Å². The highest BCUT2D eigenvalue weighted by atomic mass is 35.5. The maximum Gasteiger partial charge on any atom is 0.176 e. The predicted molar refractivity (Wildman–Crippen MR) is 77.1 cm³/mol. The molecule has 3 rings (SSSR count). The third-order valence-electron chi connectivity index (χ3n) is 3.44. The molecule has 0 bridgehead atoms. The summed E-state index contributed by atoms with van der Waals surface area (Å²) in [5, 5.41) is 0.438. The van der Waals surface area contributed by atoms with Gasteiger partial charge in [0, 0.05) is 5.56 Å². The summed E-state index contributed by atoms with van der Waals surface area (Å²) in [4.78, 5) is 8.49. The van der Waals surface area contributed by atoms with Crippen molar-refractivity contribution < 1.29 is 4.39 Å². The van der Waals surface area contributed by atoms with Crippen LogP contribution >= 0.6 is 11.6 Å². The second-order valence-corrected chi connectivity index (χ2v) is 5.39. The van der Waals surface area contributed by atoms with E-state index in [0.29, 0.717) is 28.5 Å². The molecular weight excluding hydrogens is 277 g/mol. The molecule has 2 N–H and O–H groups in total. The first kappa shape index (κ1) is 13.2. The van der Waals surface area contributed by atoms with E-state index >= 15 is 0 Å². The number of halogens is 2. The molecule has 0 aliphatic carbocycles. The van der Waals surface area contributed by atoms with Gasteiger partial charge < -0.3 is 10.3 Å². The van der Waals surface area contributed by atoms with Gasteiger partial charge in [-0.15, -0.1) is 0 Å². The van der Waals surface area contributed by atoms with Crippen molar-refractivity contribution in [3.63, 3.8) is 0 Å². The van der Waals surface area contributed by atoms with E-state index in [2.05, 4.69) is 9.98 Å². The van der Waals surface area contributed by atoms with Crippen molar-refractivity contribution in [2.75, 3.05) is 0 Å². The molecule has 20 heavy (non-hydrogen) atoms. The number of fused-ring (bicyclic) bond motifs is 1. The number of rotatable bonds is 1. The molecular formula is C13H11BClFN4. The van der Waals surface area contributed by atoms with E-state index < -0.39 is 5.54 Å². The molecule has 100 valence electrons. The SMILES string of the molecule is [B]c1ccc(F)c(C2(C)Cn3c(Cl)cnc3C(N)=N2)c1. The summed E-state index contributed by atoms with van der Waals surface area (Å²) in [7, 11) is 5.74. The first-order chi connectivity index (χ1) is 9.40. The van der Waals surface area contributed by atoms with E-state index in [1.54, 1.807) is 17.6 Å². The van der Waals surface area contributed by atoms with Crippen LogP contribution in [0.25, 0.3) is 0 Å². The van der Waals surface area contributed by atoms with Crippen molar-refractivity contribution in [1.82, 2.24) is 9.55 Å². The Hall–Kier alpha value is -1.82. The molecule has 1 aromatic carbocycles. The molecule has 1 aliphatic heterocycles. The van der Waals surface area contributed by atoms with Crippen LogP contribution < -0.4 is 11.2 Å². The van der Waals surface area contributed by atoms with Crippen LogP contribution in [-0.2, 0) is 12.1 Å². The Labute approximate surface area is 121 Å². The molecule has 0 saturated heterocycles. The monoisotopic (exact) mass is 288 g/mol. The molecule has 0 amide bonds. The average Bonchev–Trinajstić information content (AvgIpc) is 2.74. The van der Waals surface area contributed by atoms with Gasteiger partial charge in [0.15, 0.2) is 11.7 Å². The maximum atomic E-state index is 14.1. The normalized spacial score (nSPS) is 21.4. The predicted octanol–water partition coefficient (Wildman–Crippen LogP) is 1.10. The molecule has 2 radical (unpaired) electrons. The van der Waals surface area contributed by atoms with Crippen molar-refractivity contribution in [2.24, 2.45) is 10.7 Å². The zero-order chi connectivity index (χ0) is 14.5. The fourth-order valence-electron chi connectivity index (χ4n) is 2.47. The topological polar surface area (TPSA) is 56.2 Å². The molecule has 0 fully saturated rings. The van der Waals surface area contributed by atoms with Gasteiger partial charge in [-0.1, -0.05) is 29.2 Å². The largest absolute Gasteiger partial charge is 0.381 e. The fourth-order valence-corrected chi connectivity index (χ4v) is 2.66. The summed E-state index contributed by atoms with van der Waals surface area (Å²) in [5.74, 6) is 0.349. The first-order valence-electron chi connectivity index (χ1n) is 6.03. The number of benzene rings is 1. The molecule has 1 aromatic heterocycles. The van der Waals surface area contributed by atoms with Gasteiger partial charge in [-0.2, -0.15) is 0 Å². The zero-order valence-electron chi connectivity index (χ0n) is 10.8. The summed E-state index contributed by atoms with van der Waals surface area (Å²) in [6.45, 7) is 2.14. The van der Waals surface area contributed by atoms with Gasteiger partial charge in [-0.3, -0.25) is 4.99 Å². The van der Waals surface area contributed by atoms with Crippen LogP contribution in [0.5, 0.6) is 0 Å². The molecule has 1 aliphatic rings. The number of imidazole rings is 1. The lowest BCUT2D eigenvalue weighted by molar-refractivity contribution is 0.384. The highest BCUT2D eigenvalue weighted by Crippen LogP contribution is 2.34. The summed E-state index contributed by atoms with van der Waals surface area (Å²) in [6, 6.07) is 4.41. The summed E-state index contributed by atoms with van der Waals surface area (Å²) in [6.07, 6.45) is 1.50. The molecule has 7 heteroatoms. The molecule has 0 spiro atoms. The third kappa shape index (κ3) is 1.91. The highest BCUT2D eigenvalue weighted by molar-refractivity contribution is 6.32. The molecule has 0 saturated carbocycles. The van der Waals surface area contributed by atoms with Crippen LogP contribution in [0.3, 0.4) is 0 Å². The van der Waals surface area contributed by atoms with E-state index in [0.717, 1.165) is 0 Å². The quantitative estimate of drug-likeness (QED) is 0.799. The maximum absolute atomic E-state index is 14.1. The number of hydrogen-bond acceptors (Lipinski definition) is 3. The zero-order valence-corrected chi connectivity index (χ0v) is 11.5. The summed E-state index contributed by atoms with van der Waals surface area (Å²) in [5.41, 5.74) is 5.90. The minimum Gasteiger partial charge on any atom is -0.381 e. The van der Waals surface area contributed by atoms with Crippen LogP contribution in [0.15, 0.2) is 29.4 Å². The van der Waals surface area contributed by atoms with Crippen LogP contribution in [-0.4, -0.2) is 23.2 Å². The number of hydrogen-bond donors (Lipinski definition) is 1. The van der Waals surface area contributed by atoms with Crippen LogP contribution in [0, 0.1) is 5.82 Å². The Morgan fingerprint density at radius 1 is 1.50 bits per heavy atom. The first-order valence-corrected chi connectivity index (χ1v) is 6.41. The number of amidine groups is 1. The van der Waals surface area contributed by atoms with Crippen LogP contribution in [0.1, 0.15) is 18.3 Å². The van der Waals surface area contributed by atoms with Gasteiger partial charge in [-0.25, -0.2) is 9.37 Å². The van der Waals surface area contributed by atoms with Gasteiger partial charge in [0.25, 0.3) is 0 Å². The number of nitrogens with zero attached hydrogens (tertiary/aromatic N) is 3. The molecule has 1 unspecified atom stereocenters.